The zero-order chi connectivity index (χ0) is 18.5. The van der Waals surface area contributed by atoms with Crippen molar-refractivity contribution in [2.75, 3.05) is 18.6 Å². The number of ether oxygens (including phenoxy) is 1. The highest BCUT2D eigenvalue weighted by Crippen LogP contribution is 2.29. The number of rotatable bonds is 5. The number of carbonyl (C=O) groups is 2. The van der Waals surface area contributed by atoms with Crippen LogP contribution in [0.3, 0.4) is 0 Å². The first kappa shape index (κ1) is 17.5. The van der Waals surface area contributed by atoms with Crippen molar-refractivity contribution in [2.24, 2.45) is 10.2 Å². The van der Waals surface area contributed by atoms with Gasteiger partial charge >= 0.3 is 5.97 Å². The Morgan fingerprint density at radius 3 is 2.58 bits per heavy atom. The SMILES string of the molecule is CCCN1C(=O)/C(=N/N=C\c2ccc(C(=O)OC)cc2)c2ccccc21. The van der Waals surface area contributed by atoms with Gasteiger partial charge in [-0.1, -0.05) is 37.3 Å². The van der Waals surface area contributed by atoms with Crippen molar-refractivity contribution in [2.45, 2.75) is 13.3 Å². The van der Waals surface area contributed by atoms with E-state index in [0.717, 1.165) is 23.2 Å². The number of para-hydroxylation sites is 1. The average molecular weight is 349 g/mol. The van der Waals surface area contributed by atoms with Crippen LogP contribution >= 0.6 is 0 Å². The number of esters is 1. The highest BCUT2D eigenvalue weighted by atomic mass is 16.5. The second-order valence-corrected chi connectivity index (χ2v) is 5.78. The summed E-state index contributed by atoms with van der Waals surface area (Å²) < 4.78 is 4.66. The molecule has 1 aliphatic rings. The van der Waals surface area contributed by atoms with Gasteiger partial charge in [0.25, 0.3) is 5.91 Å². The third-order valence-corrected chi connectivity index (χ3v) is 4.04. The average Bonchev–Trinajstić information content (AvgIpc) is 2.94. The fourth-order valence-electron chi connectivity index (χ4n) is 2.78. The second-order valence-electron chi connectivity index (χ2n) is 5.78. The van der Waals surface area contributed by atoms with Crippen LogP contribution in [-0.4, -0.2) is 37.5 Å². The lowest BCUT2D eigenvalue weighted by Crippen LogP contribution is -2.30. The number of amides is 1. The summed E-state index contributed by atoms with van der Waals surface area (Å²) in [7, 11) is 1.34. The van der Waals surface area contributed by atoms with E-state index in [-0.39, 0.29) is 5.91 Å². The monoisotopic (exact) mass is 349 g/mol. The van der Waals surface area contributed by atoms with E-state index in [2.05, 4.69) is 14.9 Å². The molecule has 3 rings (SSSR count). The number of nitrogens with zero attached hydrogens (tertiary/aromatic N) is 3. The van der Waals surface area contributed by atoms with Crippen LogP contribution in [0.1, 0.15) is 34.8 Å². The number of benzene rings is 2. The molecule has 1 amide bonds. The van der Waals surface area contributed by atoms with Crippen molar-refractivity contribution < 1.29 is 14.3 Å². The fraction of sp³-hybridized carbons (Fsp3) is 0.200. The third-order valence-electron chi connectivity index (χ3n) is 4.04. The summed E-state index contributed by atoms with van der Waals surface area (Å²) in [4.78, 5) is 25.8. The molecule has 1 aliphatic heterocycles. The summed E-state index contributed by atoms with van der Waals surface area (Å²) in [6, 6.07) is 14.4. The van der Waals surface area contributed by atoms with E-state index in [4.69, 9.17) is 0 Å². The van der Waals surface area contributed by atoms with E-state index in [1.165, 1.54) is 7.11 Å². The first-order valence-electron chi connectivity index (χ1n) is 8.36. The number of carbonyl (C=O) groups excluding carboxylic acids is 2. The predicted octanol–water partition coefficient (Wildman–Crippen LogP) is 3.05. The van der Waals surface area contributed by atoms with Crippen LogP contribution < -0.4 is 4.90 Å². The molecule has 0 saturated carbocycles. The van der Waals surface area contributed by atoms with Crippen molar-refractivity contribution in [1.29, 1.82) is 0 Å². The molecular formula is C20H19N3O3. The smallest absolute Gasteiger partial charge is 0.337 e. The van der Waals surface area contributed by atoms with E-state index in [9.17, 15) is 9.59 Å². The molecule has 6 nitrogen and oxygen atoms in total. The van der Waals surface area contributed by atoms with Gasteiger partial charge in [-0.3, -0.25) is 4.79 Å². The summed E-state index contributed by atoms with van der Waals surface area (Å²) in [6.07, 6.45) is 2.41. The molecule has 0 N–H and O–H groups in total. The van der Waals surface area contributed by atoms with E-state index in [0.29, 0.717) is 17.8 Å². The van der Waals surface area contributed by atoms with Gasteiger partial charge in [0.05, 0.1) is 24.6 Å². The Bertz CT molecular complexity index is 885. The quantitative estimate of drug-likeness (QED) is 0.473. The zero-order valence-corrected chi connectivity index (χ0v) is 14.7. The maximum absolute atomic E-state index is 12.6. The highest BCUT2D eigenvalue weighted by Gasteiger charge is 2.33. The highest BCUT2D eigenvalue weighted by molar-refractivity contribution is 6.54. The Labute approximate surface area is 151 Å². The van der Waals surface area contributed by atoms with Crippen molar-refractivity contribution in [1.82, 2.24) is 0 Å². The molecule has 0 radical (unpaired) electrons. The van der Waals surface area contributed by atoms with Crippen LogP contribution in [-0.2, 0) is 9.53 Å². The number of methoxy groups -OCH3 is 1. The molecule has 2 aromatic carbocycles. The van der Waals surface area contributed by atoms with Gasteiger partial charge < -0.3 is 9.64 Å². The van der Waals surface area contributed by atoms with E-state index in [1.807, 2.05) is 31.2 Å². The van der Waals surface area contributed by atoms with Gasteiger partial charge in [0, 0.05) is 12.1 Å². The van der Waals surface area contributed by atoms with Gasteiger partial charge in [-0.2, -0.15) is 5.10 Å². The minimum atomic E-state index is -0.391. The summed E-state index contributed by atoms with van der Waals surface area (Å²) in [5, 5.41) is 8.21. The lowest BCUT2D eigenvalue weighted by atomic mass is 10.1. The van der Waals surface area contributed by atoms with E-state index >= 15 is 0 Å². The molecule has 0 bridgehead atoms. The maximum atomic E-state index is 12.6. The lowest BCUT2D eigenvalue weighted by Gasteiger charge is -2.14. The Hall–Kier alpha value is -3.28. The number of anilines is 1. The Morgan fingerprint density at radius 1 is 1.15 bits per heavy atom. The molecule has 2 aromatic rings. The van der Waals surface area contributed by atoms with E-state index in [1.54, 1.807) is 35.4 Å². The zero-order valence-electron chi connectivity index (χ0n) is 14.7. The normalized spacial score (nSPS) is 14.9. The molecule has 0 atom stereocenters. The van der Waals surface area contributed by atoms with Crippen LogP contribution in [0.15, 0.2) is 58.7 Å². The lowest BCUT2D eigenvalue weighted by molar-refractivity contribution is -0.112. The van der Waals surface area contributed by atoms with Crippen LogP contribution in [0.2, 0.25) is 0 Å². The molecule has 0 aliphatic carbocycles. The van der Waals surface area contributed by atoms with Crippen LogP contribution in [0.4, 0.5) is 5.69 Å². The summed E-state index contributed by atoms with van der Waals surface area (Å²) in [6.45, 7) is 2.68. The molecule has 0 fully saturated rings. The molecule has 0 unspecified atom stereocenters. The molecule has 0 aromatic heterocycles. The van der Waals surface area contributed by atoms with Crippen molar-refractivity contribution in [3.05, 3.63) is 65.2 Å². The predicted molar refractivity (Wildman–Crippen MR) is 101 cm³/mol. The van der Waals surface area contributed by atoms with Crippen molar-refractivity contribution >= 4 is 29.5 Å². The molecule has 26 heavy (non-hydrogen) atoms. The number of hydrogen-bond donors (Lipinski definition) is 0. The topological polar surface area (TPSA) is 71.3 Å². The Kier molecular flexibility index (Phi) is 5.22. The largest absolute Gasteiger partial charge is 0.465 e. The third kappa shape index (κ3) is 3.39. The van der Waals surface area contributed by atoms with Gasteiger partial charge in [0.15, 0.2) is 5.71 Å². The first-order valence-corrected chi connectivity index (χ1v) is 8.36. The summed E-state index contributed by atoms with van der Waals surface area (Å²) in [5.41, 5.74) is 3.24. The molecule has 0 saturated heterocycles. The second kappa shape index (κ2) is 7.74. The van der Waals surface area contributed by atoms with Gasteiger partial charge in [-0.15, -0.1) is 5.10 Å². The molecular weight excluding hydrogens is 330 g/mol. The van der Waals surface area contributed by atoms with Crippen molar-refractivity contribution in [3.63, 3.8) is 0 Å². The maximum Gasteiger partial charge on any atom is 0.337 e. The Balaban J connectivity index is 1.83. The molecule has 0 spiro atoms. The minimum absolute atomic E-state index is 0.133. The van der Waals surface area contributed by atoms with Crippen LogP contribution in [0.25, 0.3) is 0 Å². The van der Waals surface area contributed by atoms with Crippen molar-refractivity contribution in [3.8, 4) is 0 Å². The standard InChI is InChI=1S/C20H19N3O3/c1-3-12-23-17-7-5-4-6-16(17)18(19(23)24)22-21-13-14-8-10-15(11-9-14)20(25)26-2/h4-11,13H,3,12H2,1-2H3/b21-13-,22-18+. The Morgan fingerprint density at radius 2 is 1.88 bits per heavy atom. The van der Waals surface area contributed by atoms with E-state index < -0.39 is 5.97 Å². The summed E-state index contributed by atoms with van der Waals surface area (Å²) >= 11 is 0. The van der Waals surface area contributed by atoms with Gasteiger partial charge in [-0.05, 0) is 30.2 Å². The molecule has 1 heterocycles. The minimum Gasteiger partial charge on any atom is -0.465 e. The molecule has 132 valence electrons. The first-order chi connectivity index (χ1) is 12.7. The van der Waals surface area contributed by atoms with Gasteiger partial charge in [0.1, 0.15) is 0 Å². The number of hydrogen-bond acceptors (Lipinski definition) is 5. The number of fused-ring (bicyclic) bond motifs is 1. The van der Waals surface area contributed by atoms with Crippen LogP contribution in [0.5, 0.6) is 0 Å². The van der Waals surface area contributed by atoms with Gasteiger partial charge in [-0.25, -0.2) is 4.79 Å². The summed E-state index contributed by atoms with van der Waals surface area (Å²) in [5.74, 6) is -0.524. The fourth-order valence-corrected chi connectivity index (χ4v) is 2.78. The van der Waals surface area contributed by atoms with Gasteiger partial charge in [0.2, 0.25) is 0 Å². The molecule has 6 heteroatoms. The van der Waals surface area contributed by atoms with Crippen LogP contribution in [0, 0.1) is 0 Å².